The Morgan fingerprint density at radius 2 is 1.93 bits per heavy atom. The number of hydrazone groups is 1. The molecule has 3 saturated heterocycles. The molecular weight excluding hydrogens is 368 g/mol. The fourth-order valence-electron chi connectivity index (χ4n) is 4.38. The summed E-state index contributed by atoms with van der Waals surface area (Å²) in [5.41, 5.74) is -1.47. The van der Waals surface area contributed by atoms with Gasteiger partial charge in [0.2, 0.25) is 11.8 Å². The van der Waals surface area contributed by atoms with Crippen molar-refractivity contribution in [1.82, 2.24) is 5.01 Å². The molecule has 4 heterocycles. The lowest BCUT2D eigenvalue weighted by atomic mass is 9.88. The number of fused-ring (bicyclic) bond motifs is 3. The molecule has 0 aromatic rings. The van der Waals surface area contributed by atoms with Gasteiger partial charge in [-0.05, 0) is 34.1 Å². The number of amides is 1. The van der Waals surface area contributed by atoms with Crippen LogP contribution in [0.3, 0.4) is 0 Å². The van der Waals surface area contributed by atoms with Crippen molar-refractivity contribution in [3.05, 3.63) is 0 Å². The van der Waals surface area contributed by atoms with Crippen LogP contribution in [0.5, 0.6) is 0 Å². The molecule has 3 fully saturated rings. The Hall–Kier alpha value is -1.26. The Labute approximate surface area is 165 Å². The zero-order valence-electron chi connectivity index (χ0n) is 17.4. The first-order chi connectivity index (χ1) is 13.0. The Morgan fingerprint density at radius 3 is 2.54 bits per heavy atom. The second-order valence-corrected chi connectivity index (χ2v) is 8.68. The Morgan fingerprint density at radius 1 is 1.18 bits per heavy atom. The SMILES string of the molecule is CCCCC1=NN(C(C)=O)[C@@]2(O1)[C@@H]1OC(C)(C)O[C@@H]1CO[C@]21COC(C)(C)O1. The highest BCUT2D eigenvalue weighted by Crippen LogP contribution is 2.54. The fraction of sp³-hybridized carbons (Fsp3) is 0.895. The maximum atomic E-state index is 12.7. The van der Waals surface area contributed by atoms with E-state index in [9.17, 15) is 4.79 Å². The fourth-order valence-corrected chi connectivity index (χ4v) is 4.38. The number of ether oxygens (including phenoxy) is 6. The lowest BCUT2D eigenvalue weighted by molar-refractivity contribution is -0.386. The molecule has 0 aromatic carbocycles. The quantitative estimate of drug-likeness (QED) is 0.719. The molecule has 2 spiro atoms. The van der Waals surface area contributed by atoms with Crippen molar-refractivity contribution in [2.75, 3.05) is 13.2 Å². The third kappa shape index (κ3) is 2.87. The summed E-state index contributed by atoms with van der Waals surface area (Å²) in [6, 6.07) is 0. The molecular formula is C19H30N2O7. The molecule has 0 saturated carbocycles. The normalized spacial score (nSPS) is 40.6. The van der Waals surface area contributed by atoms with Crippen LogP contribution in [0.2, 0.25) is 0 Å². The van der Waals surface area contributed by atoms with Crippen molar-refractivity contribution in [1.29, 1.82) is 0 Å². The summed E-state index contributed by atoms with van der Waals surface area (Å²) < 4.78 is 37.0. The summed E-state index contributed by atoms with van der Waals surface area (Å²) in [5.74, 6) is -2.99. The highest BCUT2D eigenvalue weighted by Gasteiger charge is 2.78. The number of nitrogens with zero attached hydrogens (tertiary/aromatic N) is 2. The van der Waals surface area contributed by atoms with Crippen LogP contribution >= 0.6 is 0 Å². The molecule has 0 radical (unpaired) electrons. The topological polar surface area (TPSA) is 88.1 Å². The van der Waals surface area contributed by atoms with Gasteiger partial charge < -0.3 is 28.4 Å². The third-order valence-electron chi connectivity index (χ3n) is 5.46. The maximum Gasteiger partial charge on any atom is 0.291 e. The number of unbranched alkanes of at least 4 members (excludes halogenated alkanes) is 1. The minimum atomic E-state index is -1.47. The first kappa shape index (κ1) is 20.0. The summed E-state index contributed by atoms with van der Waals surface area (Å²) >= 11 is 0. The van der Waals surface area contributed by atoms with Gasteiger partial charge in [-0.3, -0.25) is 4.79 Å². The van der Waals surface area contributed by atoms with Gasteiger partial charge in [0.25, 0.3) is 11.5 Å². The summed E-state index contributed by atoms with van der Waals surface area (Å²) in [5, 5.41) is 5.81. The predicted octanol–water partition coefficient (Wildman–Crippen LogP) is 2.09. The van der Waals surface area contributed by atoms with E-state index in [0.29, 0.717) is 12.3 Å². The van der Waals surface area contributed by atoms with Crippen LogP contribution in [0, 0.1) is 0 Å². The first-order valence-corrected chi connectivity index (χ1v) is 9.95. The van der Waals surface area contributed by atoms with Gasteiger partial charge in [-0.2, -0.15) is 5.01 Å². The monoisotopic (exact) mass is 398 g/mol. The lowest BCUT2D eigenvalue weighted by Gasteiger charge is -2.52. The van der Waals surface area contributed by atoms with Crippen LogP contribution in [-0.4, -0.2) is 65.3 Å². The van der Waals surface area contributed by atoms with E-state index in [-0.39, 0.29) is 19.1 Å². The average molecular weight is 398 g/mol. The molecule has 9 heteroatoms. The number of rotatable bonds is 3. The molecule has 0 aliphatic carbocycles. The van der Waals surface area contributed by atoms with Crippen molar-refractivity contribution >= 4 is 11.8 Å². The second kappa shape index (κ2) is 6.37. The molecule has 1 amide bonds. The van der Waals surface area contributed by atoms with Gasteiger partial charge >= 0.3 is 0 Å². The highest BCUT2D eigenvalue weighted by molar-refractivity contribution is 5.83. The number of carbonyl (C=O) groups excluding carboxylic acids is 1. The van der Waals surface area contributed by atoms with Crippen molar-refractivity contribution in [3.8, 4) is 0 Å². The first-order valence-electron chi connectivity index (χ1n) is 9.95. The van der Waals surface area contributed by atoms with E-state index in [0.717, 1.165) is 12.8 Å². The van der Waals surface area contributed by atoms with Gasteiger partial charge in [0.05, 0.1) is 6.61 Å². The van der Waals surface area contributed by atoms with E-state index in [2.05, 4.69) is 12.0 Å². The van der Waals surface area contributed by atoms with Gasteiger partial charge in [-0.25, -0.2) is 0 Å². The Balaban J connectivity index is 1.81. The minimum Gasteiger partial charge on any atom is -0.442 e. The summed E-state index contributed by atoms with van der Waals surface area (Å²) in [6.07, 6.45) is 1.37. The molecule has 0 N–H and O–H groups in total. The van der Waals surface area contributed by atoms with Gasteiger partial charge in [0.15, 0.2) is 17.7 Å². The zero-order valence-corrected chi connectivity index (χ0v) is 17.4. The van der Waals surface area contributed by atoms with Gasteiger partial charge in [0, 0.05) is 13.3 Å². The van der Waals surface area contributed by atoms with E-state index < -0.39 is 35.3 Å². The van der Waals surface area contributed by atoms with Crippen molar-refractivity contribution < 1.29 is 33.2 Å². The van der Waals surface area contributed by atoms with E-state index in [1.165, 1.54) is 11.9 Å². The second-order valence-electron chi connectivity index (χ2n) is 8.68. The standard InChI is InChI=1S/C19H30N2O7/c1-7-8-9-14-20-21(12(2)22)19(26-14)15-13(25-17(5,6)27-15)10-23-18(19)11-24-16(3,4)28-18/h13,15H,7-11H2,1-6H3/t13-,15-,18+,19-/m1/s1. The molecule has 4 aliphatic heterocycles. The van der Waals surface area contributed by atoms with Crippen LogP contribution < -0.4 is 0 Å². The average Bonchev–Trinajstić information content (AvgIpc) is 3.22. The van der Waals surface area contributed by atoms with Crippen molar-refractivity contribution in [3.63, 3.8) is 0 Å². The molecule has 0 aromatic heterocycles. The van der Waals surface area contributed by atoms with Gasteiger partial charge in [-0.1, -0.05) is 13.3 Å². The van der Waals surface area contributed by atoms with Crippen LogP contribution in [0.1, 0.15) is 60.8 Å². The van der Waals surface area contributed by atoms with Gasteiger partial charge in [0.1, 0.15) is 12.7 Å². The Bertz CT molecular complexity index is 692. The van der Waals surface area contributed by atoms with Crippen molar-refractivity contribution in [2.24, 2.45) is 5.10 Å². The zero-order chi connectivity index (χ0) is 20.4. The van der Waals surface area contributed by atoms with Crippen molar-refractivity contribution in [2.45, 2.75) is 96.1 Å². The van der Waals surface area contributed by atoms with E-state index in [1.807, 2.05) is 13.8 Å². The van der Waals surface area contributed by atoms with Crippen LogP contribution in [-0.2, 0) is 33.2 Å². The molecule has 4 aliphatic rings. The maximum absolute atomic E-state index is 12.7. The molecule has 9 nitrogen and oxygen atoms in total. The third-order valence-corrected chi connectivity index (χ3v) is 5.46. The number of carbonyl (C=O) groups is 1. The number of hydrogen-bond donors (Lipinski definition) is 0. The largest absolute Gasteiger partial charge is 0.442 e. The Kier molecular flexibility index (Phi) is 4.56. The number of hydrogen-bond acceptors (Lipinski definition) is 8. The minimum absolute atomic E-state index is 0.0768. The summed E-state index contributed by atoms with van der Waals surface area (Å²) in [4.78, 5) is 12.7. The summed E-state index contributed by atoms with van der Waals surface area (Å²) in [7, 11) is 0. The highest BCUT2D eigenvalue weighted by atomic mass is 16.9. The van der Waals surface area contributed by atoms with Gasteiger partial charge in [-0.15, -0.1) is 5.10 Å². The molecule has 4 rings (SSSR count). The van der Waals surface area contributed by atoms with E-state index in [1.54, 1.807) is 13.8 Å². The lowest BCUT2D eigenvalue weighted by Crippen LogP contribution is -2.76. The molecule has 0 bridgehead atoms. The molecule has 0 unspecified atom stereocenters. The molecule has 28 heavy (non-hydrogen) atoms. The summed E-state index contributed by atoms with van der Waals surface area (Å²) in [6.45, 7) is 11.1. The predicted molar refractivity (Wildman–Crippen MR) is 96.9 cm³/mol. The van der Waals surface area contributed by atoms with Crippen LogP contribution in [0.15, 0.2) is 5.10 Å². The van der Waals surface area contributed by atoms with E-state index in [4.69, 9.17) is 28.4 Å². The van der Waals surface area contributed by atoms with Crippen LogP contribution in [0.4, 0.5) is 0 Å². The van der Waals surface area contributed by atoms with E-state index >= 15 is 0 Å². The van der Waals surface area contributed by atoms with Crippen LogP contribution in [0.25, 0.3) is 0 Å². The molecule has 4 atom stereocenters. The molecule has 158 valence electrons. The smallest absolute Gasteiger partial charge is 0.291 e.